The van der Waals surface area contributed by atoms with Gasteiger partial charge in [-0.2, -0.15) is 0 Å². The molecule has 0 saturated heterocycles. The third-order valence-electron chi connectivity index (χ3n) is 4.30. The Morgan fingerprint density at radius 2 is 1.75 bits per heavy atom. The molecule has 2 aromatic carbocycles. The predicted molar refractivity (Wildman–Crippen MR) is 108 cm³/mol. The Hall–Kier alpha value is -3.00. The van der Waals surface area contributed by atoms with Crippen LogP contribution in [0.4, 0.5) is 10.3 Å². The first-order valence-corrected chi connectivity index (χ1v) is 10.1. The summed E-state index contributed by atoms with van der Waals surface area (Å²) in [5.41, 5.74) is 8.38. The molecule has 2 N–H and O–H groups in total. The van der Waals surface area contributed by atoms with E-state index in [1.165, 1.54) is 25.1 Å². The molecule has 0 bridgehead atoms. The molecule has 0 atom stereocenters. The highest BCUT2D eigenvalue weighted by Crippen LogP contribution is 2.29. The number of hydrogen-bond donors (Lipinski definition) is 1. The molecule has 0 spiro atoms. The van der Waals surface area contributed by atoms with E-state index in [-0.39, 0.29) is 11.7 Å². The normalized spacial score (nSPS) is 12.7. The molecule has 0 saturated carbocycles. The number of aromatic nitrogens is 2. The molecule has 146 valence electrons. The van der Waals surface area contributed by atoms with Crippen LogP contribution in [-0.2, 0) is 14.8 Å². The van der Waals surface area contributed by atoms with Crippen LogP contribution in [-0.4, -0.2) is 28.4 Å². The van der Waals surface area contributed by atoms with Crippen LogP contribution in [0.15, 0.2) is 48.5 Å². The van der Waals surface area contributed by atoms with E-state index in [0.29, 0.717) is 27.7 Å². The summed E-state index contributed by atoms with van der Waals surface area (Å²) in [7, 11) is -3.73. The summed E-state index contributed by atoms with van der Waals surface area (Å²) < 4.78 is 39.8. The predicted octanol–water partition coefficient (Wildman–Crippen LogP) is 3.36. The molecule has 28 heavy (non-hydrogen) atoms. The first-order chi connectivity index (χ1) is 13.1. The topological polar surface area (TPSA) is 95.1 Å². The second kappa shape index (κ2) is 7.20. The smallest absolute Gasteiger partial charge is 0.244 e. The highest BCUT2D eigenvalue weighted by atomic mass is 32.2. The summed E-state index contributed by atoms with van der Waals surface area (Å²) in [6, 6.07) is 10.7. The van der Waals surface area contributed by atoms with Gasteiger partial charge in [0.1, 0.15) is 5.82 Å². The number of ketones is 1. The second-order valence-corrected chi connectivity index (χ2v) is 9.05. The van der Waals surface area contributed by atoms with Gasteiger partial charge >= 0.3 is 0 Å². The molecule has 1 aromatic heterocycles. The van der Waals surface area contributed by atoms with Gasteiger partial charge in [-0.1, -0.05) is 18.2 Å². The molecule has 6 nitrogen and oxygen atoms in total. The molecule has 0 fully saturated rings. The number of halogens is 1. The fourth-order valence-electron chi connectivity index (χ4n) is 2.88. The van der Waals surface area contributed by atoms with Gasteiger partial charge in [-0.05, 0) is 67.8 Å². The van der Waals surface area contributed by atoms with Gasteiger partial charge in [-0.15, -0.1) is 0 Å². The van der Waals surface area contributed by atoms with Crippen LogP contribution in [0.1, 0.15) is 31.9 Å². The summed E-state index contributed by atoms with van der Waals surface area (Å²) in [6.45, 7) is 4.53. The highest BCUT2D eigenvalue weighted by molar-refractivity contribution is 7.90. The lowest BCUT2D eigenvalue weighted by Crippen LogP contribution is -2.23. The van der Waals surface area contributed by atoms with Crippen LogP contribution in [0.5, 0.6) is 0 Å². The van der Waals surface area contributed by atoms with E-state index in [4.69, 9.17) is 5.73 Å². The molecule has 0 aliphatic rings. The summed E-state index contributed by atoms with van der Waals surface area (Å²) in [4.78, 5) is 15.9. The zero-order chi connectivity index (χ0) is 20.6. The molecule has 3 aromatic rings. The van der Waals surface area contributed by atoms with Gasteiger partial charge in [-0.3, -0.25) is 4.79 Å². The van der Waals surface area contributed by atoms with E-state index in [2.05, 4.69) is 4.98 Å². The van der Waals surface area contributed by atoms with E-state index in [1.54, 1.807) is 44.2 Å². The van der Waals surface area contributed by atoms with Crippen molar-refractivity contribution in [1.82, 2.24) is 8.96 Å². The Bertz CT molecular complexity index is 1190. The number of allylic oxidation sites excluding steroid dienone is 1. The van der Waals surface area contributed by atoms with E-state index in [1.807, 2.05) is 0 Å². The van der Waals surface area contributed by atoms with Crippen molar-refractivity contribution in [1.29, 1.82) is 0 Å². The monoisotopic (exact) mass is 401 g/mol. The molecule has 3 rings (SSSR count). The molecular formula is C20H20FN3O3S. The number of anilines is 1. The Labute approximate surface area is 162 Å². The zero-order valence-corrected chi connectivity index (χ0v) is 16.5. The Balaban J connectivity index is 2.27. The first-order valence-electron chi connectivity index (χ1n) is 8.62. The number of carbonyl (C=O) groups excluding carboxylic acids is 1. The summed E-state index contributed by atoms with van der Waals surface area (Å²) in [6.07, 6.45) is 1.43. The van der Waals surface area contributed by atoms with Gasteiger partial charge in [0.05, 0.1) is 16.3 Å². The van der Waals surface area contributed by atoms with Gasteiger partial charge in [0, 0.05) is 0 Å². The quantitative estimate of drug-likeness (QED) is 0.662. The SMILES string of the molecule is CC(=O)/C=C(/c1ccc(F)cc1)c1ccc2nc(N)n(S(=O)(=O)C(C)C)c2c1. The van der Waals surface area contributed by atoms with Crippen molar-refractivity contribution in [3.63, 3.8) is 0 Å². The Morgan fingerprint density at radius 1 is 1.14 bits per heavy atom. The summed E-state index contributed by atoms with van der Waals surface area (Å²) >= 11 is 0. The first kappa shape index (κ1) is 19.8. The molecule has 8 heteroatoms. The number of imidazole rings is 1. The van der Waals surface area contributed by atoms with E-state index in [9.17, 15) is 17.6 Å². The van der Waals surface area contributed by atoms with Crippen LogP contribution >= 0.6 is 0 Å². The van der Waals surface area contributed by atoms with Crippen molar-refractivity contribution in [2.45, 2.75) is 26.0 Å². The molecule has 0 aliphatic heterocycles. The van der Waals surface area contributed by atoms with Crippen LogP contribution in [0.2, 0.25) is 0 Å². The number of nitrogens with two attached hydrogens (primary N) is 1. The molecule has 1 heterocycles. The number of benzene rings is 2. The lowest BCUT2D eigenvalue weighted by molar-refractivity contribution is -0.112. The van der Waals surface area contributed by atoms with Gasteiger partial charge < -0.3 is 5.73 Å². The maximum atomic E-state index is 13.3. The minimum absolute atomic E-state index is 0.125. The number of carbonyl (C=O) groups is 1. The summed E-state index contributed by atoms with van der Waals surface area (Å²) in [5.74, 6) is -0.711. The average Bonchev–Trinajstić information content (AvgIpc) is 2.95. The van der Waals surface area contributed by atoms with Crippen molar-refractivity contribution >= 4 is 38.4 Å². The van der Waals surface area contributed by atoms with E-state index >= 15 is 0 Å². The number of rotatable bonds is 5. The lowest BCUT2D eigenvalue weighted by Gasteiger charge is -2.12. The third kappa shape index (κ3) is 3.55. The molecule has 0 radical (unpaired) electrons. The maximum absolute atomic E-state index is 13.3. The minimum Gasteiger partial charge on any atom is -0.368 e. The third-order valence-corrected chi connectivity index (χ3v) is 6.39. The van der Waals surface area contributed by atoms with Crippen molar-refractivity contribution in [3.8, 4) is 0 Å². The van der Waals surface area contributed by atoms with Gasteiger partial charge in [0.2, 0.25) is 16.0 Å². The van der Waals surface area contributed by atoms with Crippen LogP contribution in [0.25, 0.3) is 16.6 Å². The average molecular weight is 401 g/mol. The van der Waals surface area contributed by atoms with Gasteiger partial charge in [-0.25, -0.2) is 21.8 Å². The molecular weight excluding hydrogens is 381 g/mol. The van der Waals surface area contributed by atoms with Crippen LogP contribution in [0, 0.1) is 5.82 Å². The van der Waals surface area contributed by atoms with Gasteiger partial charge in [0.25, 0.3) is 0 Å². The van der Waals surface area contributed by atoms with Crippen molar-refractivity contribution in [2.24, 2.45) is 0 Å². The lowest BCUT2D eigenvalue weighted by atomic mass is 9.96. The van der Waals surface area contributed by atoms with E-state index < -0.39 is 21.1 Å². The van der Waals surface area contributed by atoms with Crippen molar-refractivity contribution in [2.75, 3.05) is 5.73 Å². The standard InChI is InChI=1S/C20H20FN3O3S/c1-12(2)28(26,27)24-19-11-15(6-9-18(19)23-20(24)22)17(10-13(3)25)14-4-7-16(21)8-5-14/h4-12H,1-3H3,(H2,22,23)/b17-10-. The number of nitrogens with zero attached hydrogens (tertiary/aromatic N) is 2. The molecule has 0 amide bonds. The minimum atomic E-state index is -3.73. The fraction of sp³-hybridized carbons (Fsp3) is 0.200. The van der Waals surface area contributed by atoms with Gasteiger partial charge in [0.15, 0.2) is 5.78 Å². The Morgan fingerprint density at radius 3 is 2.32 bits per heavy atom. The molecule has 0 aliphatic carbocycles. The van der Waals surface area contributed by atoms with Crippen molar-refractivity contribution < 1.29 is 17.6 Å². The van der Waals surface area contributed by atoms with Crippen LogP contribution in [0.3, 0.4) is 0 Å². The number of hydrogen-bond acceptors (Lipinski definition) is 5. The largest absolute Gasteiger partial charge is 0.368 e. The number of fused-ring (bicyclic) bond motifs is 1. The summed E-state index contributed by atoms with van der Waals surface area (Å²) in [5, 5.41) is -0.694. The maximum Gasteiger partial charge on any atom is 0.244 e. The van der Waals surface area contributed by atoms with Crippen molar-refractivity contribution in [3.05, 3.63) is 65.5 Å². The number of nitrogen functional groups attached to an aromatic ring is 1. The van der Waals surface area contributed by atoms with E-state index in [0.717, 1.165) is 3.97 Å². The fourth-order valence-corrected chi connectivity index (χ4v) is 4.03. The molecule has 0 unspecified atom stereocenters. The Kier molecular flexibility index (Phi) is 5.08. The zero-order valence-electron chi connectivity index (χ0n) is 15.7. The highest BCUT2D eigenvalue weighted by Gasteiger charge is 2.24. The second-order valence-electron chi connectivity index (χ2n) is 6.71. The van der Waals surface area contributed by atoms with Crippen LogP contribution < -0.4 is 5.73 Å².